The van der Waals surface area contributed by atoms with Crippen LogP contribution in [0.4, 0.5) is 11.4 Å². The van der Waals surface area contributed by atoms with Gasteiger partial charge in [0.15, 0.2) is 4.60 Å². The van der Waals surface area contributed by atoms with Gasteiger partial charge in [0.25, 0.3) is 0 Å². The van der Waals surface area contributed by atoms with Crippen LogP contribution in [0.15, 0.2) is 65.8 Å². The van der Waals surface area contributed by atoms with Crippen molar-refractivity contribution < 1.29 is 27.9 Å². The van der Waals surface area contributed by atoms with Gasteiger partial charge in [-0.1, -0.05) is 12.1 Å². The number of benzene rings is 2. The Hall–Kier alpha value is -3.28. The smallest absolute Gasteiger partial charge is 0.479 e. The highest BCUT2D eigenvalue weighted by atomic mass is 79.9. The number of hydrogen-bond donors (Lipinski definition) is 2. The van der Waals surface area contributed by atoms with E-state index in [0.717, 1.165) is 11.0 Å². The standard InChI is InChI=1S/C14H23BNO3P.C13H16N3O2P.C5H5BrN2O/c1-13(2)14(3,4)19-15(18-13)10-7-8-11(16)12(9-10)20(5,6)17;1-18-13-12(15-6-7-16-13)9-4-5-10(14)11(8-9)19(2,3)17;1-9-5-4(6)7-2-3-8-5/h7-9H,16H2,1-6H3;4-8H,14H2,1-3H3;2-3H,1H3. The van der Waals surface area contributed by atoms with Gasteiger partial charge in [0, 0.05) is 52.3 Å². The predicted octanol–water partition coefficient (Wildman–Crippen LogP) is 5.05. The summed E-state index contributed by atoms with van der Waals surface area (Å²) in [6.45, 7) is 14.9. The Kier molecular flexibility index (Phi) is 12.7. The van der Waals surface area contributed by atoms with Crippen molar-refractivity contribution >= 4 is 64.8 Å². The lowest BCUT2D eigenvalue weighted by molar-refractivity contribution is 0.00578. The topological polar surface area (TPSA) is 175 Å². The van der Waals surface area contributed by atoms with Crippen LogP contribution in [0.1, 0.15) is 27.7 Å². The molecule has 0 unspecified atom stereocenters. The first kappa shape index (κ1) is 39.2. The molecule has 0 saturated carbocycles. The summed E-state index contributed by atoms with van der Waals surface area (Å²) >= 11 is 3.16. The number of nitrogen functional groups attached to an aromatic ring is 2. The molecule has 0 aliphatic carbocycles. The molecule has 5 rings (SSSR count). The van der Waals surface area contributed by atoms with Gasteiger partial charge < -0.3 is 39.4 Å². The quantitative estimate of drug-likeness (QED) is 0.152. The Balaban J connectivity index is 0.000000209. The number of aromatic nitrogens is 4. The molecule has 1 saturated heterocycles. The molecule has 2 aromatic heterocycles. The fourth-order valence-corrected chi connectivity index (χ4v) is 7.11. The minimum atomic E-state index is -2.44. The van der Waals surface area contributed by atoms with Crippen molar-refractivity contribution in [2.45, 2.75) is 38.9 Å². The number of nitrogens with two attached hydrogens (primary N) is 2. The van der Waals surface area contributed by atoms with Gasteiger partial charge in [-0.15, -0.1) is 0 Å². The van der Waals surface area contributed by atoms with Gasteiger partial charge in [0.2, 0.25) is 11.8 Å². The van der Waals surface area contributed by atoms with Crippen molar-refractivity contribution in [3.8, 4) is 23.0 Å². The first-order valence-electron chi connectivity index (χ1n) is 14.8. The molecule has 12 nitrogen and oxygen atoms in total. The van der Waals surface area contributed by atoms with Gasteiger partial charge in [0.05, 0.1) is 25.4 Å². The van der Waals surface area contributed by atoms with Crippen molar-refractivity contribution in [1.29, 1.82) is 0 Å². The van der Waals surface area contributed by atoms with E-state index < -0.39 is 21.4 Å². The van der Waals surface area contributed by atoms with Crippen LogP contribution in [0.25, 0.3) is 11.3 Å². The van der Waals surface area contributed by atoms with E-state index in [4.69, 9.17) is 30.2 Å². The minimum absolute atomic E-state index is 0.388. The summed E-state index contributed by atoms with van der Waals surface area (Å²) in [5, 5.41) is 1.34. The van der Waals surface area contributed by atoms with Crippen LogP contribution in [0.3, 0.4) is 0 Å². The van der Waals surface area contributed by atoms with E-state index in [9.17, 15) is 9.13 Å². The molecular weight excluding hydrogens is 717 g/mol. The average molecular weight is 761 g/mol. The largest absolute Gasteiger partial charge is 0.494 e. The lowest BCUT2D eigenvalue weighted by Gasteiger charge is -2.32. The van der Waals surface area contributed by atoms with E-state index in [1.165, 1.54) is 7.11 Å². The molecule has 1 aliphatic rings. The molecule has 16 heteroatoms. The summed E-state index contributed by atoms with van der Waals surface area (Å²) in [6, 6.07) is 10.8. The summed E-state index contributed by atoms with van der Waals surface area (Å²) < 4.78 is 47.2. The molecule has 1 fully saturated rings. The number of halogens is 1. The number of rotatable bonds is 6. The Morgan fingerprint density at radius 1 is 0.708 bits per heavy atom. The summed E-state index contributed by atoms with van der Waals surface area (Å²) in [5.41, 5.74) is 14.4. The highest BCUT2D eigenvalue weighted by Crippen LogP contribution is 2.40. The lowest BCUT2D eigenvalue weighted by Crippen LogP contribution is -2.41. The van der Waals surface area contributed by atoms with Crippen molar-refractivity contribution in [2.75, 3.05) is 52.3 Å². The molecule has 0 atom stereocenters. The van der Waals surface area contributed by atoms with Crippen LogP contribution in [0.2, 0.25) is 0 Å². The molecular formula is C32H44BBrN6O6P2. The number of nitrogens with zero attached hydrogens (tertiary/aromatic N) is 4. The van der Waals surface area contributed by atoms with Crippen molar-refractivity contribution in [2.24, 2.45) is 0 Å². The zero-order chi connectivity index (χ0) is 36.1. The highest BCUT2D eigenvalue weighted by molar-refractivity contribution is 9.10. The third-order valence-electron chi connectivity index (χ3n) is 7.72. The maximum atomic E-state index is 12.3. The second-order valence-electron chi connectivity index (χ2n) is 12.7. The Morgan fingerprint density at radius 3 is 1.65 bits per heavy atom. The molecule has 0 amide bonds. The second kappa shape index (κ2) is 15.5. The van der Waals surface area contributed by atoms with E-state index in [2.05, 4.69) is 35.9 Å². The fourth-order valence-electron chi connectivity index (χ4n) is 4.43. The zero-order valence-electron chi connectivity index (χ0n) is 29.0. The Morgan fingerprint density at radius 2 is 1.17 bits per heavy atom. The SMILES string of the molecule is CC1(C)OB(c2ccc(N)c(P(C)(C)=O)c2)OC1(C)C.COc1nccnc1-c1ccc(N)c(P(C)(C)=O)c1.COc1nccnc1Br. The van der Waals surface area contributed by atoms with Gasteiger partial charge in [-0.25, -0.2) is 19.9 Å². The van der Waals surface area contributed by atoms with E-state index in [1.54, 1.807) is 76.8 Å². The molecule has 2 aromatic carbocycles. The maximum Gasteiger partial charge on any atom is 0.494 e. The van der Waals surface area contributed by atoms with E-state index in [1.807, 2.05) is 45.9 Å². The number of hydrogen-bond acceptors (Lipinski definition) is 12. The van der Waals surface area contributed by atoms with Crippen LogP contribution in [0, 0.1) is 0 Å². The molecule has 258 valence electrons. The van der Waals surface area contributed by atoms with E-state index >= 15 is 0 Å². The molecule has 48 heavy (non-hydrogen) atoms. The molecule has 1 aliphatic heterocycles. The van der Waals surface area contributed by atoms with Gasteiger partial charge >= 0.3 is 7.12 Å². The molecule has 3 heterocycles. The summed E-state index contributed by atoms with van der Waals surface area (Å²) in [4.78, 5) is 16.1. The third kappa shape index (κ3) is 9.67. The highest BCUT2D eigenvalue weighted by Gasteiger charge is 2.51. The number of ether oxygens (including phenoxy) is 2. The summed E-state index contributed by atoms with van der Waals surface area (Å²) in [7, 11) is -2.23. The fraction of sp³-hybridized carbons (Fsp3) is 0.375. The van der Waals surface area contributed by atoms with Crippen LogP contribution in [-0.4, -0.2) is 79.1 Å². The normalized spacial score (nSPS) is 15.0. The summed E-state index contributed by atoms with van der Waals surface area (Å²) in [5.74, 6) is 0.942. The molecule has 4 N–H and O–H groups in total. The Bertz CT molecular complexity index is 1820. The van der Waals surface area contributed by atoms with Crippen LogP contribution >= 0.6 is 30.2 Å². The predicted molar refractivity (Wildman–Crippen MR) is 199 cm³/mol. The number of anilines is 2. The van der Waals surface area contributed by atoms with Crippen LogP contribution < -0.4 is 37.0 Å². The van der Waals surface area contributed by atoms with Crippen molar-refractivity contribution in [1.82, 2.24) is 19.9 Å². The number of methoxy groups -OCH3 is 2. The van der Waals surface area contributed by atoms with Gasteiger partial charge in [0.1, 0.15) is 20.0 Å². The maximum absolute atomic E-state index is 12.3. The molecule has 4 aromatic rings. The third-order valence-corrected chi connectivity index (χ3v) is 11.4. The van der Waals surface area contributed by atoms with Crippen molar-refractivity contribution in [3.63, 3.8) is 0 Å². The molecule has 0 bridgehead atoms. The first-order valence-corrected chi connectivity index (χ1v) is 20.8. The second-order valence-corrected chi connectivity index (χ2v) is 19.8. The minimum Gasteiger partial charge on any atom is -0.479 e. The average Bonchev–Trinajstić information content (AvgIpc) is 3.23. The van der Waals surface area contributed by atoms with Gasteiger partial charge in [-0.05, 0) is 100 Å². The van der Waals surface area contributed by atoms with Crippen LogP contribution in [-0.2, 0) is 18.4 Å². The zero-order valence-corrected chi connectivity index (χ0v) is 32.4. The van der Waals surface area contributed by atoms with Crippen molar-refractivity contribution in [3.05, 3.63) is 65.8 Å². The summed E-state index contributed by atoms with van der Waals surface area (Å²) in [6.07, 6.45) is 6.31. The lowest BCUT2D eigenvalue weighted by atomic mass is 9.79. The first-order chi connectivity index (χ1) is 22.2. The Labute approximate surface area is 291 Å². The van der Waals surface area contributed by atoms with E-state index in [0.29, 0.717) is 44.0 Å². The van der Waals surface area contributed by atoms with Gasteiger partial charge in [-0.2, -0.15) is 0 Å². The molecule has 0 spiro atoms. The van der Waals surface area contributed by atoms with Gasteiger partial charge in [-0.3, -0.25) is 0 Å². The van der Waals surface area contributed by atoms with Crippen LogP contribution in [0.5, 0.6) is 11.8 Å². The monoisotopic (exact) mass is 760 g/mol. The molecule has 0 radical (unpaired) electrons. The van der Waals surface area contributed by atoms with E-state index in [-0.39, 0.29) is 11.2 Å².